The van der Waals surface area contributed by atoms with Crippen molar-refractivity contribution in [2.24, 2.45) is 0 Å². The number of amides is 1. The van der Waals surface area contributed by atoms with Gasteiger partial charge in [-0.15, -0.1) is 0 Å². The van der Waals surface area contributed by atoms with Gasteiger partial charge in [-0.2, -0.15) is 0 Å². The smallest absolute Gasteiger partial charge is 0.337 e. The predicted octanol–water partition coefficient (Wildman–Crippen LogP) is 3.98. The predicted molar refractivity (Wildman–Crippen MR) is 97.1 cm³/mol. The van der Waals surface area contributed by atoms with Crippen LogP contribution in [0.5, 0.6) is 0 Å². The number of hydrogen-bond donors (Lipinski definition) is 1. The van der Waals surface area contributed by atoms with E-state index in [0.717, 1.165) is 23.9 Å². The molecule has 0 saturated heterocycles. The molecule has 0 aromatic heterocycles. The molecular weight excluding hydrogens is 314 g/mol. The fraction of sp³-hybridized carbons (Fsp3) is 0.143. The van der Waals surface area contributed by atoms with Crippen LogP contribution < -0.4 is 5.32 Å². The Kier molecular flexibility index (Phi) is 3.73. The van der Waals surface area contributed by atoms with Crippen molar-refractivity contribution in [1.82, 2.24) is 0 Å². The lowest BCUT2D eigenvalue weighted by molar-refractivity contribution is 0.0600. The standard InChI is InChI=1S/C21H17NO3/c1-25-21(24)16-9-7-15(8-10-16)20(23)22-18-12-11-14-6-5-13-3-2-4-17(18)19(13)14/h2-4,7-12H,5-6H2,1H3,(H,22,23). The number of carbonyl (C=O) groups excluding carboxylic acids is 2. The van der Waals surface area contributed by atoms with Crippen LogP contribution in [0.25, 0.3) is 10.8 Å². The van der Waals surface area contributed by atoms with Crippen LogP contribution in [0, 0.1) is 0 Å². The molecule has 1 aliphatic carbocycles. The fourth-order valence-corrected chi connectivity index (χ4v) is 3.43. The zero-order chi connectivity index (χ0) is 17.4. The second-order valence-electron chi connectivity index (χ2n) is 6.13. The average Bonchev–Trinajstić information content (AvgIpc) is 3.08. The third-order valence-electron chi connectivity index (χ3n) is 4.69. The summed E-state index contributed by atoms with van der Waals surface area (Å²) in [5, 5.41) is 5.33. The first kappa shape index (κ1) is 15.4. The minimum Gasteiger partial charge on any atom is -0.465 e. The SMILES string of the molecule is COC(=O)c1ccc(C(=O)Nc2ccc3c4c(cccc24)CC3)cc1. The van der Waals surface area contributed by atoms with E-state index in [-0.39, 0.29) is 5.91 Å². The minimum absolute atomic E-state index is 0.199. The van der Waals surface area contributed by atoms with Crippen LogP contribution >= 0.6 is 0 Å². The van der Waals surface area contributed by atoms with E-state index >= 15 is 0 Å². The monoisotopic (exact) mass is 331 g/mol. The van der Waals surface area contributed by atoms with E-state index < -0.39 is 5.97 Å². The molecule has 0 saturated carbocycles. The van der Waals surface area contributed by atoms with Gasteiger partial charge in [0.2, 0.25) is 0 Å². The van der Waals surface area contributed by atoms with Gasteiger partial charge in [0.25, 0.3) is 5.91 Å². The van der Waals surface area contributed by atoms with Crippen molar-refractivity contribution in [2.75, 3.05) is 12.4 Å². The van der Waals surface area contributed by atoms with Gasteiger partial charge in [0.05, 0.1) is 12.7 Å². The number of rotatable bonds is 3. The normalized spacial score (nSPS) is 12.2. The summed E-state index contributed by atoms with van der Waals surface area (Å²) < 4.78 is 4.67. The molecule has 1 aliphatic rings. The highest BCUT2D eigenvalue weighted by Gasteiger charge is 2.17. The Bertz CT molecular complexity index is 980. The second-order valence-corrected chi connectivity index (χ2v) is 6.13. The molecule has 0 bridgehead atoms. The van der Waals surface area contributed by atoms with E-state index in [1.807, 2.05) is 18.2 Å². The molecule has 0 spiro atoms. The highest BCUT2D eigenvalue weighted by atomic mass is 16.5. The third kappa shape index (κ3) is 2.66. The molecule has 1 amide bonds. The van der Waals surface area contributed by atoms with Crippen LogP contribution in [0.1, 0.15) is 31.8 Å². The first-order chi connectivity index (χ1) is 12.2. The highest BCUT2D eigenvalue weighted by molar-refractivity contribution is 6.10. The van der Waals surface area contributed by atoms with Gasteiger partial charge in [0.1, 0.15) is 0 Å². The van der Waals surface area contributed by atoms with Crippen LogP contribution in [0.4, 0.5) is 5.69 Å². The quantitative estimate of drug-likeness (QED) is 0.739. The summed E-state index contributed by atoms with van der Waals surface area (Å²) in [5.41, 5.74) is 4.40. The van der Waals surface area contributed by atoms with Crippen molar-refractivity contribution in [1.29, 1.82) is 0 Å². The van der Waals surface area contributed by atoms with Gasteiger partial charge in [-0.05, 0) is 59.7 Å². The van der Waals surface area contributed by atoms with Gasteiger partial charge < -0.3 is 10.1 Å². The molecule has 4 nitrogen and oxygen atoms in total. The largest absolute Gasteiger partial charge is 0.465 e. The van der Waals surface area contributed by atoms with E-state index in [4.69, 9.17) is 0 Å². The number of methoxy groups -OCH3 is 1. The van der Waals surface area contributed by atoms with E-state index in [1.165, 1.54) is 23.6 Å². The van der Waals surface area contributed by atoms with Gasteiger partial charge >= 0.3 is 5.97 Å². The molecule has 4 heteroatoms. The Morgan fingerprint density at radius 3 is 2.28 bits per heavy atom. The van der Waals surface area contributed by atoms with E-state index in [0.29, 0.717) is 11.1 Å². The van der Waals surface area contributed by atoms with Crippen molar-refractivity contribution in [3.63, 3.8) is 0 Å². The van der Waals surface area contributed by atoms with Gasteiger partial charge in [-0.3, -0.25) is 4.79 Å². The lowest BCUT2D eigenvalue weighted by Gasteiger charge is -2.11. The summed E-state index contributed by atoms with van der Waals surface area (Å²) in [6, 6.07) is 16.7. The first-order valence-electron chi connectivity index (χ1n) is 8.20. The summed E-state index contributed by atoms with van der Waals surface area (Å²) in [6.07, 6.45) is 2.11. The van der Waals surface area contributed by atoms with E-state index in [1.54, 1.807) is 24.3 Å². The minimum atomic E-state index is -0.417. The van der Waals surface area contributed by atoms with Crippen LogP contribution in [-0.4, -0.2) is 19.0 Å². The lowest BCUT2D eigenvalue weighted by atomic mass is 10.0. The summed E-state index contributed by atoms with van der Waals surface area (Å²) in [5.74, 6) is -0.616. The van der Waals surface area contributed by atoms with Crippen molar-refractivity contribution < 1.29 is 14.3 Å². The molecule has 124 valence electrons. The van der Waals surface area contributed by atoms with Crippen molar-refractivity contribution in [2.45, 2.75) is 12.8 Å². The molecule has 0 unspecified atom stereocenters. The number of aryl methyl sites for hydroxylation is 2. The topological polar surface area (TPSA) is 55.4 Å². The van der Waals surface area contributed by atoms with Crippen LogP contribution in [0.15, 0.2) is 54.6 Å². The summed E-state index contributed by atoms with van der Waals surface area (Å²) in [7, 11) is 1.33. The molecule has 3 aromatic rings. The van der Waals surface area contributed by atoms with Crippen molar-refractivity contribution in [3.8, 4) is 0 Å². The summed E-state index contributed by atoms with van der Waals surface area (Å²) in [4.78, 5) is 24.0. The maximum Gasteiger partial charge on any atom is 0.337 e. The van der Waals surface area contributed by atoms with Gasteiger partial charge in [0.15, 0.2) is 0 Å². The fourth-order valence-electron chi connectivity index (χ4n) is 3.43. The van der Waals surface area contributed by atoms with Gasteiger partial charge in [-0.25, -0.2) is 4.79 Å². The number of esters is 1. The molecule has 1 N–H and O–H groups in total. The summed E-state index contributed by atoms with van der Waals surface area (Å²) in [6.45, 7) is 0. The first-order valence-corrected chi connectivity index (χ1v) is 8.20. The third-order valence-corrected chi connectivity index (χ3v) is 4.69. The van der Waals surface area contributed by atoms with E-state index in [2.05, 4.69) is 22.2 Å². The number of benzene rings is 3. The molecule has 0 aliphatic heterocycles. The Hall–Kier alpha value is -3.14. The molecule has 25 heavy (non-hydrogen) atoms. The Balaban J connectivity index is 1.64. The van der Waals surface area contributed by atoms with E-state index in [9.17, 15) is 9.59 Å². The van der Waals surface area contributed by atoms with Gasteiger partial charge in [0, 0.05) is 16.6 Å². The Morgan fingerprint density at radius 1 is 0.880 bits per heavy atom. The molecular formula is C21H17NO3. The zero-order valence-electron chi connectivity index (χ0n) is 13.8. The molecule has 0 atom stereocenters. The molecule has 0 radical (unpaired) electrons. The number of hydrogen-bond acceptors (Lipinski definition) is 3. The molecule has 0 fully saturated rings. The van der Waals surface area contributed by atoms with Crippen LogP contribution in [0.2, 0.25) is 0 Å². The number of nitrogens with one attached hydrogen (secondary N) is 1. The maximum atomic E-state index is 12.6. The zero-order valence-corrected chi connectivity index (χ0v) is 13.8. The molecule has 0 heterocycles. The maximum absolute atomic E-state index is 12.6. The lowest BCUT2D eigenvalue weighted by Crippen LogP contribution is -2.12. The van der Waals surface area contributed by atoms with Crippen molar-refractivity contribution in [3.05, 3.63) is 76.9 Å². The Morgan fingerprint density at radius 2 is 1.56 bits per heavy atom. The summed E-state index contributed by atoms with van der Waals surface area (Å²) >= 11 is 0. The number of ether oxygens (including phenoxy) is 1. The van der Waals surface area contributed by atoms with Crippen LogP contribution in [0.3, 0.4) is 0 Å². The molecule has 3 aromatic carbocycles. The van der Waals surface area contributed by atoms with Crippen LogP contribution in [-0.2, 0) is 17.6 Å². The molecule has 4 rings (SSSR count). The Labute approximate surface area is 145 Å². The second kappa shape index (κ2) is 6.06. The van der Waals surface area contributed by atoms with Crippen molar-refractivity contribution >= 4 is 28.3 Å². The highest BCUT2D eigenvalue weighted by Crippen LogP contribution is 2.35. The number of anilines is 1. The number of carbonyl (C=O) groups is 2. The average molecular weight is 331 g/mol. The van der Waals surface area contributed by atoms with Gasteiger partial charge in [-0.1, -0.05) is 24.3 Å².